The van der Waals surface area contributed by atoms with E-state index >= 15 is 0 Å². The summed E-state index contributed by atoms with van der Waals surface area (Å²) in [6, 6.07) is 22.4. The van der Waals surface area contributed by atoms with Crippen LogP contribution in [0, 0.1) is 6.92 Å². The van der Waals surface area contributed by atoms with E-state index in [4.69, 9.17) is 4.74 Å². The first-order valence-corrected chi connectivity index (χ1v) is 9.07. The molecule has 134 valence electrons. The number of carbonyl (C=O) groups is 1. The molecule has 1 atom stereocenters. The van der Waals surface area contributed by atoms with E-state index in [0.717, 1.165) is 12.2 Å². The first kappa shape index (κ1) is 18.0. The minimum Gasteiger partial charge on any atom is -0.491 e. The quantitative estimate of drug-likeness (QED) is 0.675. The lowest BCUT2D eigenvalue weighted by Crippen LogP contribution is -2.36. The van der Waals surface area contributed by atoms with Gasteiger partial charge in [-0.25, -0.2) is 0 Å². The maximum Gasteiger partial charge on any atom is 0.220 e. The van der Waals surface area contributed by atoms with Crippen LogP contribution in [-0.4, -0.2) is 18.6 Å². The van der Waals surface area contributed by atoms with Gasteiger partial charge in [0.2, 0.25) is 5.91 Å². The molecule has 3 heteroatoms. The zero-order chi connectivity index (χ0) is 18.4. The van der Waals surface area contributed by atoms with Gasteiger partial charge in [-0.1, -0.05) is 60.2 Å². The van der Waals surface area contributed by atoms with Crippen LogP contribution in [0.5, 0.6) is 5.75 Å². The van der Waals surface area contributed by atoms with Gasteiger partial charge in [0.15, 0.2) is 0 Å². The van der Waals surface area contributed by atoms with Crippen LogP contribution in [0.1, 0.15) is 24.5 Å². The van der Waals surface area contributed by atoms with E-state index in [9.17, 15) is 4.79 Å². The van der Waals surface area contributed by atoms with Gasteiger partial charge < -0.3 is 10.1 Å². The van der Waals surface area contributed by atoms with Gasteiger partial charge in [0.25, 0.3) is 0 Å². The summed E-state index contributed by atoms with van der Waals surface area (Å²) in [5, 5.41) is 5.45. The van der Waals surface area contributed by atoms with E-state index in [-0.39, 0.29) is 11.9 Å². The van der Waals surface area contributed by atoms with Gasteiger partial charge in [0.1, 0.15) is 12.4 Å². The van der Waals surface area contributed by atoms with Gasteiger partial charge in [-0.2, -0.15) is 0 Å². The zero-order valence-corrected chi connectivity index (χ0v) is 15.4. The predicted molar refractivity (Wildman–Crippen MR) is 107 cm³/mol. The second-order valence-electron chi connectivity index (χ2n) is 6.73. The minimum absolute atomic E-state index is 0.0312. The fraction of sp³-hybridized carbons (Fsp3) is 0.261. The molecule has 0 spiro atoms. The van der Waals surface area contributed by atoms with E-state index < -0.39 is 0 Å². The van der Waals surface area contributed by atoms with Crippen molar-refractivity contribution in [2.24, 2.45) is 0 Å². The molecule has 0 saturated heterocycles. The van der Waals surface area contributed by atoms with Gasteiger partial charge in [-0.05, 0) is 48.7 Å². The lowest BCUT2D eigenvalue weighted by Gasteiger charge is -2.15. The lowest BCUT2D eigenvalue weighted by atomic mass is 10.0. The van der Waals surface area contributed by atoms with Crippen molar-refractivity contribution in [3.05, 3.63) is 77.9 Å². The predicted octanol–water partition coefficient (Wildman–Crippen LogP) is 4.66. The van der Waals surface area contributed by atoms with Gasteiger partial charge in [0.05, 0.1) is 6.04 Å². The summed E-state index contributed by atoms with van der Waals surface area (Å²) in [7, 11) is 0. The summed E-state index contributed by atoms with van der Waals surface area (Å²) >= 11 is 0. The summed E-state index contributed by atoms with van der Waals surface area (Å²) < 4.78 is 5.73. The Bertz CT molecular complexity index is 866. The zero-order valence-electron chi connectivity index (χ0n) is 15.4. The molecule has 0 aliphatic carbocycles. The Morgan fingerprint density at radius 3 is 2.54 bits per heavy atom. The molecule has 0 fully saturated rings. The van der Waals surface area contributed by atoms with Crippen LogP contribution in [0.4, 0.5) is 0 Å². The van der Waals surface area contributed by atoms with E-state index in [2.05, 4.69) is 29.6 Å². The minimum atomic E-state index is -0.0312. The molecule has 3 aromatic rings. The Balaban J connectivity index is 1.48. The average molecular weight is 347 g/mol. The van der Waals surface area contributed by atoms with Crippen LogP contribution in [0.3, 0.4) is 0 Å². The number of hydrogen-bond donors (Lipinski definition) is 1. The molecule has 0 bridgehead atoms. The Kier molecular flexibility index (Phi) is 5.90. The maximum atomic E-state index is 12.3. The Morgan fingerprint density at radius 1 is 1.00 bits per heavy atom. The molecule has 0 aliphatic rings. The lowest BCUT2D eigenvalue weighted by molar-refractivity contribution is -0.121. The largest absolute Gasteiger partial charge is 0.491 e. The van der Waals surface area contributed by atoms with Crippen molar-refractivity contribution in [2.75, 3.05) is 6.61 Å². The van der Waals surface area contributed by atoms with E-state index in [0.29, 0.717) is 13.0 Å². The first-order chi connectivity index (χ1) is 12.6. The topological polar surface area (TPSA) is 38.3 Å². The number of fused-ring (bicyclic) bond motifs is 1. The van der Waals surface area contributed by atoms with Crippen molar-refractivity contribution >= 4 is 16.7 Å². The number of rotatable bonds is 7. The molecule has 3 rings (SSSR count). The number of amides is 1. The molecule has 3 aromatic carbocycles. The molecule has 3 nitrogen and oxygen atoms in total. The molecular formula is C23H25NO2. The van der Waals surface area contributed by atoms with Crippen molar-refractivity contribution in [1.82, 2.24) is 5.32 Å². The van der Waals surface area contributed by atoms with Crippen LogP contribution in [0.25, 0.3) is 10.8 Å². The number of aryl methyl sites for hydroxylation is 2. The Labute approximate surface area is 155 Å². The Hall–Kier alpha value is -2.81. The van der Waals surface area contributed by atoms with Crippen molar-refractivity contribution in [3.8, 4) is 5.75 Å². The third-order valence-corrected chi connectivity index (χ3v) is 4.43. The molecule has 1 unspecified atom stereocenters. The summed E-state index contributed by atoms with van der Waals surface area (Å²) in [5.74, 6) is 0.880. The van der Waals surface area contributed by atoms with Crippen molar-refractivity contribution in [1.29, 1.82) is 0 Å². The molecule has 0 saturated carbocycles. The highest BCUT2D eigenvalue weighted by Crippen LogP contribution is 2.19. The second-order valence-corrected chi connectivity index (χ2v) is 6.73. The first-order valence-electron chi connectivity index (χ1n) is 9.07. The Morgan fingerprint density at radius 2 is 1.73 bits per heavy atom. The molecular weight excluding hydrogens is 322 g/mol. The number of benzene rings is 3. The number of ether oxygens (including phenoxy) is 1. The van der Waals surface area contributed by atoms with Crippen molar-refractivity contribution in [3.63, 3.8) is 0 Å². The summed E-state index contributed by atoms with van der Waals surface area (Å²) in [5.41, 5.74) is 2.41. The molecule has 0 heterocycles. The smallest absolute Gasteiger partial charge is 0.220 e. The van der Waals surface area contributed by atoms with E-state index in [1.54, 1.807) is 0 Å². The molecule has 1 amide bonds. The summed E-state index contributed by atoms with van der Waals surface area (Å²) in [4.78, 5) is 12.3. The van der Waals surface area contributed by atoms with Gasteiger partial charge in [-0.15, -0.1) is 0 Å². The number of carbonyl (C=O) groups excluding carboxylic acids is 1. The monoisotopic (exact) mass is 347 g/mol. The number of hydrogen-bond acceptors (Lipinski definition) is 2. The van der Waals surface area contributed by atoms with E-state index in [1.165, 1.54) is 21.9 Å². The standard InChI is InChI=1S/C23H25NO2/c1-17-10-13-21(14-11-17)26-16-18(2)24-23(25)15-12-20-8-5-7-19-6-3-4-9-22(19)20/h3-11,13-14,18H,12,15-16H2,1-2H3,(H,24,25). The number of nitrogens with one attached hydrogen (secondary N) is 1. The fourth-order valence-corrected chi connectivity index (χ4v) is 3.00. The highest BCUT2D eigenvalue weighted by molar-refractivity contribution is 5.86. The SMILES string of the molecule is Cc1ccc(OCC(C)NC(=O)CCc2cccc3ccccc23)cc1. The third kappa shape index (κ3) is 4.85. The van der Waals surface area contributed by atoms with Crippen LogP contribution in [0.2, 0.25) is 0 Å². The normalized spacial score (nSPS) is 11.9. The fourth-order valence-electron chi connectivity index (χ4n) is 3.00. The van der Waals surface area contributed by atoms with Gasteiger partial charge in [-0.3, -0.25) is 4.79 Å². The average Bonchev–Trinajstić information content (AvgIpc) is 2.66. The summed E-state index contributed by atoms with van der Waals surface area (Å²) in [6.07, 6.45) is 1.21. The highest BCUT2D eigenvalue weighted by atomic mass is 16.5. The molecule has 0 aromatic heterocycles. The second kappa shape index (κ2) is 8.52. The van der Waals surface area contributed by atoms with Crippen molar-refractivity contribution in [2.45, 2.75) is 32.7 Å². The summed E-state index contributed by atoms with van der Waals surface area (Å²) in [6.45, 7) is 4.47. The molecule has 1 N–H and O–H groups in total. The van der Waals surface area contributed by atoms with Crippen LogP contribution < -0.4 is 10.1 Å². The van der Waals surface area contributed by atoms with Gasteiger partial charge in [0, 0.05) is 6.42 Å². The van der Waals surface area contributed by atoms with Crippen LogP contribution in [0.15, 0.2) is 66.7 Å². The van der Waals surface area contributed by atoms with Crippen LogP contribution >= 0.6 is 0 Å². The molecule has 0 aliphatic heterocycles. The highest BCUT2D eigenvalue weighted by Gasteiger charge is 2.09. The molecule has 0 radical (unpaired) electrons. The van der Waals surface area contributed by atoms with E-state index in [1.807, 2.05) is 56.3 Å². The van der Waals surface area contributed by atoms with Crippen LogP contribution in [-0.2, 0) is 11.2 Å². The third-order valence-electron chi connectivity index (χ3n) is 4.43. The van der Waals surface area contributed by atoms with Crippen molar-refractivity contribution < 1.29 is 9.53 Å². The maximum absolute atomic E-state index is 12.3. The molecule has 26 heavy (non-hydrogen) atoms. The van der Waals surface area contributed by atoms with Gasteiger partial charge >= 0.3 is 0 Å².